The Morgan fingerprint density at radius 1 is 1.25 bits per heavy atom. The molecule has 2 aromatic rings. The molecule has 0 aliphatic carbocycles. The quantitative estimate of drug-likeness (QED) is 0.878. The summed E-state index contributed by atoms with van der Waals surface area (Å²) in [5.74, 6) is 1.04. The fourth-order valence-corrected chi connectivity index (χ4v) is 2.68. The van der Waals surface area contributed by atoms with Gasteiger partial charge in [-0.3, -0.25) is 4.68 Å². The molecule has 1 heterocycles. The lowest BCUT2D eigenvalue weighted by atomic mass is 9.76. The van der Waals surface area contributed by atoms with E-state index < -0.39 is 0 Å². The molecule has 1 aromatic carbocycles. The molecule has 0 bridgehead atoms. The van der Waals surface area contributed by atoms with E-state index in [1.165, 1.54) is 5.56 Å². The Morgan fingerprint density at radius 2 is 1.95 bits per heavy atom. The van der Waals surface area contributed by atoms with Gasteiger partial charge in [0.25, 0.3) is 0 Å². The molecule has 1 unspecified atom stereocenters. The SMILES string of the molecule is CCn1ncnc1CC(NC)C(C)(C)c1ccccc1. The largest absolute Gasteiger partial charge is 0.316 e. The van der Waals surface area contributed by atoms with Gasteiger partial charge in [0.2, 0.25) is 0 Å². The van der Waals surface area contributed by atoms with Crippen LogP contribution >= 0.6 is 0 Å². The first-order chi connectivity index (χ1) is 9.59. The van der Waals surface area contributed by atoms with Crippen molar-refractivity contribution in [3.8, 4) is 0 Å². The van der Waals surface area contributed by atoms with Crippen LogP contribution in [0.25, 0.3) is 0 Å². The van der Waals surface area contributed by atoms with Crippen molar-refractivity contribution in [1.29, 1.82) is 0 Å². The monoisotopic (exact) mass is 272 g/mol. The maximum Gasteiger partial charge on any atom is 0.138 e. The Balaban J connectivity index is 2.24. The van der Waals surface area contributed by atoms with Crippen LogP contribution in [0.15, 0.2) is 36.7 Å². The van der Waals surface area contributed by atoms with E-state index in [0.29, 0.717) is 6.04 Å². The molecule has 0 fully saturated rings. The van der Waals surface area contributed by atoms with Crippen LogP contribution in [-0.2, 0) is 18.4 Å². The zero-order chi connectivity index (χ0) is 14.6. The predicted molar refractivity (Wildman–Crippen MR) is 81.7 cm³/mol. The minimum Gasteiger partial charge on any atom is -0.316 e. The Kier molecular flexibility index (Phi) is 4.55. The Hall–Kier alpha value is -1.68. The second kappa shape index (κ2) is 6.18. The van der Waals surface area contributed by atoms with Crippen molar-refractivity contribution in [2.24, 2.45) is 0 Å². The fraction of sp³-hybridized carbons (Fsp3) is 0.500. The van der Waals surface area contributed by atoms with Gasteiger partial charge in [0.1, 0.15) is 12.2 Å². The zero-order valence-corrected chi connectivity index (χ0v) is 12.8. The first-order valence-electron chi connectivity index (χ1n) is 7.19. The summed E-state index contributed by atoms with van der Waals surface area (Å²) in [5, 5.41) is 7.70. The van der Waals surface area contributed by atoms with E-state index in [-0.39, 0.29) is 5.41 Å². The molecule has 0 radical (unpaired) electrons. The van der Waals surface area contributed by atoms with Crippen molar-refractivity contribution in [2.75, 3.05) is 7.05 Å². The fourth-order valence-electron chi connectivity index (χ4n) is 2.68. The molecule has 0 saturated heterocycles. The highest BCUT2D eigenvalue weighted by atomic mass is 15.3. The van der Waals surface area contributed by atoms with Crippen LogP contribution in [0.5, 0.6) is 0 Å². The molecule has 0 saturated carbocycles. The van der Waals surface area contributed by atoms with Gasteiger partial charge in [-0.05, 0) is 19.5 Å². The summed E-state index contributed by atoms with van der Waals surface area (Å²) < 4.78 is 1.96. The third-order valence-corrected chi connectivity index (χ3v) is 4.12. The van der Waals surface area contributed by atoms with E-state index in [9.17, 15) is 0 Å². The van der Waals surface area contributed by atoms with Gasteiger partial charge >= 0.3 is 0 Å². The number of hydrogen-bond acceptors (Lipinski definition) is 3. The van der Waals surface area contributed by atoms with Crippen molar-refractivity contribution >= 4 is 0 Å². The molecule has 1 N–H and O–H groups in total. The maximum absolute atomic E-state index is 4.39. The first kappa shape index (κ1) is 14.7. The van der Waals surface area contributed by atoms with Crippen LogP contribution in [0.3, 0.4) is 0 Å². The second-order valence-corrected chi connectivity index (χ2v) is 5.63. The summed E-state index contributed by atoms with van der Waals surface area (Å²) in [6, 6.07) is 10.9. The molecular weight excluding hydrogens is 248 g/mol. The Labute approximate surface area is 121 Å². The molecule has 0 amide bonds. The Morgan fingerprint density at radius 3 is 2.55 bits per heavy atom. The normalized spacial score (nSPS) is 13.4. The number of hydrogen-bond donors (Lipinski definition) is 1. The highest BCUT2D eigenvalue weighted by molar-refractivity contribution is 5.26. The molecule has 0 aliphatic rings. The van der Waals surface area contributed by atoms with Gasteiger partial charge in [-0.15, -0.1) is 0 Å². The van der Waals surface area contributed by atoms with E-state index in [4.69, 9.17) is 0 Å². The summed E-state index contributed by atoms with van der Waals surface area (Å²) in [4.78, 5) is 4.39. The van der Waals surface area contributed by atoms with Crippen molar-refractivity contribution in [2.45, 2.75) is 45.2 Å². The summed E-state index contributed by atoms with van der Waals surface area (Å²) in [7, 11) is 2.02. The summed E-state index contributed by atoms with van der Waals surface area (Å²) in [5.41, 5.74) is 1.36. The lowest BCUT2D eigenvalue weighted by molar-refractivity contribution is 0.347. The maximum atomic E-state index is 4.39. The molecule has 0 spiro atoms. The van der Waals surface area contributed by atoms with Crippen molar-refractivity contribution in [3.63, 3.8) is 0 Å². The number of aromatic nitrogens is 3. The number of aryl methyl sites for hydroxylation is 1. The van der Waals surface area contributed by atoms with E-state index in [0.717, 1.165) is 18.8 Å². The third-order valence-electron chi connectivity index (χ3n) is 4.12. The van der Waals surface area contributed by atoms with Gasteiger partial charge < -0.3 is 5.32 Å². The van der Waals surface area contributed by atoms with Crippen LogP contribution in [0, 0.1) is 0 Å². The lowest BCUT2D eigenvalue weighted by Gasteiger charge is -2.34. The van der Waals surface area contributed by atoms with Crippen molar-refractivity contribution < 1.29 is 0 Å². The standard InChI is InChI=1S/C16H24N4/c1-5-20-15(18-12-19-20)11-14(17-4)16(2,3)13-9-7-6-8-10-13/h6-10,12,14,17H,5,11H2,1-4H3. The molecule has 4 nitrogen and oxygen atoms in total. The minimum absolute atomic E-state index is 0.0283. The van der Waals surface area contributed by atoms with E-state index in [2.05, 4.69) is 66.5 Å². The smallest absolute Gasteiger partial charge is 0.138 e. The highest BCUT2D eigenvalue weighted by Gasteiger charge is 2.31. The molecule has 108 valence electrons. The van der Waals surface area contributed by atoms with Crippen LogP contribution in [-0.4, -0.2) is 27.9 Å². The average molecular weight is 272 g/mol. The summed E-state index contributed by atoms with van der Waals surface area (Å²) >= 11 is 0. The van der Waals surface area contributed by atoms with Gasteiger partial charge in [0.15, 0.2) is 0 Å². The second-order valence-electron chi connectivity index (χ2n) is 5.63. The number of nitrogens with one attached hydrogen (secondary N) is 1. The molecule has 1 atom stereocenters. The molecule has 2 rings (SSSR count). The van der Waals surface area contributed by atoms with Gasteiger partial charge in [0, 0.05) is 24.4 Å². The number of nitrogens with zero attached hydrogens (tertiary/aromatic N) is 3. The number of rotatable bonds is 6. The van der Waals surface area contributed by atoms with Crippen LogP contribution in [0.1, 0.15) is 32.2 Å². The van der Waals surface area contributed by atoms with Gasteiger partial charge in [-0.2, -0.15) is 5.10 Å². The number of benzene rings is 1. The molecule has 4 heteroatoms. The molecular formula is C16H24N4. The van der Waals surface area contributed by atoms with Crippen LogP contribution < -0.4 is 5.32 Å². The third kappa shape index (κ3) is 2.90. The molecule has 0 aliphatic heterocycles. The zero-order valence-electron chi connectivity index (χ0n) is 12.8. The van der Waals surface area contributed by atoms with E-state index in [1.54, 1.807) is 6.33 Å². The van der Waals surface area contributed by atoms with E-state index >= 15 is 0 Å². The van der Waals surface area contributed by atoms with Gasteiger partial charge in [-0.1, -0.05) is 44.2 Å². The average Bonchev–Trinajstić information content (AvgIpc) is 2.92. The van der Waals surface area contributed by atoms with Crippen LogP contribution in [0.2, 0.25) is 0 Å². The van der Waals surface area contributed by atoms with Gasteiger partial charge in [-0.25, -0.2) is 4.98 Å². The highest BCUT2D eigenvalue weighted by Crippen LogP contribution is 2.28. The molecule has 1 aromatic heterocycles. The first-order valence-corrected chi connectivity index (χ1v) is 7.19. The van der Waals surface area contributed by atoms with Gasteiger partial charge in [0.05, 0.1) is 0 Å². The Bertz CT molecular complexity index is 530. The van der Waals surface area contributed by atoms with Crippen molar-refractivity contribution in [3.05, 3.63) is 48.0 Å². The van der Waals surface area contributed by atoms with E-state index in [1.807, 2.05) is 11.7 Å². The van der Waals surface area contributed by atoms with Crippen molar-refractivity contribution in [1.82, 2.24) is 20.1 Å². The predicted octanol–water partition coefficient (Wildman–Crippen LogP) is 2.41. The topological polar surface area (TPSA) is 42.7 Å². The number of likely N-dealkylation sites (N-methyl/N-ethyl adjacent to an activating group) is 1. The summed E-state index contributed by atoms with van der Waals surface area (Å²) in [6.45, 7) is 7.50. The molecule has 20 heavy (non-hydrogen) atoms. The minimum atomic E-state index is 0.0283. The lowest BCUT2D eigenvalue weighted by Crippen LogP contribution is -2.45. The van der Waals surface area contributed by atoms with Crippen LogP contribution in [0.4, 0.5) is 0 Å². The summed E-state index contributed by atoms with van der Waals surface area (Å²) in [6.07, 6.45) is 2.51.